The zero-order chi connectivity index (χ0) is 13.8. The van der Waals surface area contributed by atoms with Gasteiger partial charge in [0.25, 0.3) is 0 Å². The molecule has 0 aliphatic rings. The number of imidazole rings is 1. The fraction of sp³-hybridized carbons (Fsp3) is 0.571. The van der Waals surface area contributed by atoms with Gasteiger partial charge in [-0.3, -0.25) is 0 Å². The molecule has 104 valence electrons. The van der Waals surface area contributed by atoms with Gasteiger partial charge < -0.3 is 9.88 Å². The predicted octanol–water partition coefficient (Wildman–Crippen LogP) is 3.93. The van der Waals surface area contributed by atoms with Crippen molar-refractivity contribution in [2.45, 2.75) is 53.1 Å². The quantitative estimate of drug-likeness (QED) is 0.870. The summed E-state index contributed by atoms with van der Waals surface area (Å²) < 4.78 is 2.20. The van der Waals surface area contributed by atoms with Gasteiger partial charge in [0.2, 0.25) is 5.95 Å². The van der Waals surface area contributed by atoms with E-state index >= 15 is 0 Å². The van der Waals surface area contributed by atoms with E-state index in [1.807, 2.05) is 13.8 Å². The smallest absolute Gasteiger partial charge is 0.203 e. The molecule has 0 radical (unpaired) electrons. The van der Waals surface area contributed by atoms with Crippen molar-refractivity contribution in [3.63, 3.8) is 0 Å². The van der Waals surface area contributed by atoms with Gasteiger partial charge in [0.1, 0.15) is 5.01 Å². The molecule has 0 saturated heterocycles. The Balaban J connectivity index is 2.09. The highest BCUT2D eigenvalue weighted by molar-refractivity contribution is 7.09. The van der Waals surface area contributed by atoms with E-state index < -0.39 is 0 Å². The normalized spacial score (nSPS) is 12.6. The van der Waals surface area contributed by atoms with E-state index in [2.05, 4.69) is 45.3 Å². The van der Waals surface area contributed by atoms with Crippen LogP contribution in [0.1, 0.15) is 49.1 Å². The lowest BCUT2D eigenvalue weighted by atomic mass is 10.3. The maximum Gasteiger partial charge on any atom is 0.203 e. The van der Waals surface area contributed by atoms with Gasteiger partial charge >= 0.3 is 0 Å². The van der Waals surface area contributed by atoms with Gasteiger partial charge in [0.15, 0.2) is 0 Å². The molecule has 0 saturated carbocycles. The number of rotatable bonds is 6. The SMILES string of the molecule is CCCCn1cc(C)nc1NC(C)c1nc(C)cs1. The van der Waals surface area contributed by atoms with Crippen LogP contribution in [0.5, 0.6) is 0 Å². The zero-order valence-corrected chi connectivity index (χ0v) is 12.9. The van der Waals surface area contributed by atoms with E-state index in [9.17, 15) is 0 Å². The molecule has 0 aliphatic carbocycles. The average molecular weight is 278 g/mol. The highest BCUT2D eigenvalue weighted by Gasteiger charge is 2.13. The number of hydrogen-bond donors (Lipinski definition) is 1. The molecule has 0 spiro atoms. The molecule has 19 heavy (non-hydrogen) atoms. The average Bonchev–Trinajstić information content (AvgIpc) is 2.93. The van der Waals surface area contributed by atoms with E-state index in [1.54, 1.807) is 11.3 Å². The molecule has 2 rings (SSSR count). The summed E-state index contributed by atoms with van der Waals surface area (Å²) in [6.45, 7) is 9.42. The minimum Gasteiger partial charge on any atom is -0.347 e. The van der Waals surface area contributed by atoms with Crippen LogP contribution in [0.15, 0.2) is 11.6 Å². The highest BCUT2D eigenvalue weighted by atomic mass is 32.1. The van der Waals surface area contributed by atoms with Crippen LogP contribution in [-0.2, 0) is 6.54 Å². The monoisotopic (exact) mass is 278 g/mol. The summed E-state index contributed by atoms with van der Waals surface area (Å²) in [7, 11) is 0. The summed E-state index contributed by atoms with van der Waals surface area (Å²) in [5, 5.41) is 6.67. The Morgan fingerprint density at radius 1 is 1.32 bits per heavy atom. The van der Waals surface area contributed by atoms with Crippen molar-refractivity contribution in [2.24, 2.45) is 0 Å². The molecule has 1 N–H and O–H groups in total. The third kappa shape index (κ3) is 3.56. The number of nitrogens with one attached hydrogen (secondary N) is 1. The topological polar surface area (TPSA) is 42.7 Å². The van der Waals surface area contributed by atoms with E-state index in [0.717, 1.165) is 28.9 Å². The molecule has 0 aromatic carbocycles. The summed E-state index contributed by atoms with van der Waals surface area (Å²) in [5.74, 6) is 0.950. The second-order valence-corrected chi connectivity index (χ2v) is 5.84. The predicted molar refractivity (Wildman–Crippen MR) is 80.8 cm³/mol. The Morgan fingerprint density at radius 2 is 2.11 bits per heavy atom. The first-order valence-electron chi connectivity index (χ1n) is 6.82. The van der Waals surface area contributed by atoms with Crippen molar-refractivity contribution in [1.82, 2.24) is 14.5 Å². The number of anilines is 1. The Labute approximate surface area is 118 Å². The number of aromatic nitrogens is 3. The van der Waals surface area contributed by atoms with Gasteiger partial charge in [-0.05, 0) is 27.2 Å². The van der Waals surface area contributed by atoms with Crippen molar-refractivity contribution >= 4 is 17.3 Å². The Kier molecular flexibility index (Phi) is 4.58. The molecular weight excluding hydrogens is 256 g/mol. The molecule has 0 amide bonds. The molecule has 0 bridgehead atoms. The summed E-state index contributed by atoms with van der Waals surface area (Å²) in [5.41, 5.74) is 2.14. The molecular formula is C14H22N4S. The van der Waals surface area contributed by atoms with Gasteiger partial charge in [-0.25, -0.2) is 9.97 Å². The van der Waals surface area contributed by atoms with Crippen molar-refractivity contribution in [3.8, 4) is 0 Å². The number of unbranched alkanes of at least 4 members (excludes halogenated alkanes) is 1. The minimum atomic E-state index is 0.195. The first-order valence-corrected chi connectivity index (χ1v) is 7.70. The van der Waals surface area contributed by atoms with Crippen molar-refractivity contribution in [3.05, 3.63) is 28.0 Å². The first kappa shape index (κ1) is 14.1. The van der Waals surface area contributed by atoms with Gasteiger partial charge in [-0.15, -0.1) is 11.3 Å². The van der Waals surface area contributed by atoms with E-state index in [1.165, 1.54) is 12.8 Å². The van der Waals surface area contributed by atoms with Crippen LogP contribution >= 0.6 is 11.3 Å². The maximum absolute atomic E-state index is 4.56. The second kappa shape index (κ2) is 6.19. The second-order valence-electron chi connectivity index (χ2n) is 4.95. The molecule has 2 aromatic heterocycles. The number of aryl methyl sites for hydroxylation is 3. The van der Waals surface area contributed by atoms with Crippen LogP contribution < -0.4 is 5.32 Å². The lowest BCUT2D eigenvalue weighted by Gasteiger charge is -2.13. The fourth-order valence-corrected chi connectivity index (χ4v) is 2.79. The molecule has 2 aromatic rings. The van der Waals surface area contributed by atoms with Crippen molar-refractivity contribution < 1.29 is 0 Å². The van der Waals surface area contributed by atoms with Crippen LogP contribution in [0.4, 0.5) is 5.95 Å². The number of hydrogen-bond acceptors (Lipinski definition) is 4. The molecule has 2 heterocycles. The number of nitrogens with zero attached hydrogens (tertiary/aromatic N) is 3. The van der Waals surface area contributed by atoms with Gasteiger partial charge in [0, 0.05) is 23.8 Å². The number of thiazole rings is 1. The zero-order valence-electron chi connectivity index (χ0n) is 12.1. The molecule has 5 heteroatoms. The minimum absolute atomic E-state index is 0.195. The molecule has 1 unspecified atom stereocenters. The van der Waals surface area contributed by atoms with Crippen LogP contribution in [0.2, 0.25) is 0 Å². The van der Waals surface area contributed by atoms with Crippen LogP contribution in [-0.4, -0.2) is 14.5 Å². The van der Waals surface area contributed by atoms with Gasteiger partial charge in [-0.1, -0.05) is 13.3 Å². The summed E-state index contributed by atoms with van der Waals surface area (Å²) in [6, 6.07) is 0.195. The standard InChI is InChI=1S/C14H22N4S/c1-5-6-7-18-8-10(2)16-14(18)17-12(4)13-15-11(3)9-19-13/h8-9,12H,5-7H2,1-4H3,(H,16,17). The maximum atomic E-state index is 4.56. The third-order valence-electron chi connectivity index (χ3n) is 3.00. The Morgan fingerprint density at radius 3 is 2.74 bits per heavy atom. The largest absolute Gasteiger partial charge is 0.347 e. The van der Waals surface area contributed by atoms with Gasteiger partial charge in [-0.2, -0.15) is 0 Å². The first-order chi connectivity index (χ1) is 9.10. The van der Waals surface area contributed by atoms with Crippen molar-refractivity contribution in [1.29, 1.82) is 0 Å². The summed E-state index contributed by atoms with van der Waals surface area (Å²) >= 11 is 1.70. The highest BCUT2D eigenvalue weighted by Crippen LogP contribution is 2.22. The third-order valence-corrected chi connectivity index (χ3v) is 4.15. The van der Waals surface area contributed by atoms with Gasteiger partial charge in [0.05, 0.1) is 11.7 Å². The summed E-state index contributed by atoms with van der Waals surface area (Å²) in [6.07, 6.45) is 4.48. The van der Waals surface area contributed by atoms with E-state index in [4.69, 9.17) is 0 Å². The molecule has 4 nitrogen and oxygen atoms in total. The Bertz CT molecular complexity index is 529. The van der Waals surface area contributed by atoms with Crippen LogP contribution in [0.3, 0.4) is 0 Å². The van der Waals surface area contributed by atoms with Crippen LogP contribution in [0, 0.1) is 13.8 Å². The molecule has 0 fully saturated rings. The Hall–Kier alpha value is -1.36. The van der Waals surface area contributed by atoms with E-state index in [0.29, 0.717) is 0 Å². The van der Waals surface area contributed by atoms with Crippen molar-refractivity contribution in [2.75, 3.05) is 5.32 Å². The summed E-state index contributed by atoms with van der Waals surface area (Å²) in [4.78, 5) is 9.09. The molecule has 0 aliphatic heterocycles. The lowest BCUT2D eigenvalue weighted by molar-refractivity contribution is 0.630. The molecule has 1 atom stereocenters. The fourth-order valence-electron chi connectivity index (χ4n) is 1.99. The lowest BCUT2D eigenvalue weighted by Crippen LogP contribution is -2.11. The van der Waals surface area contributed by atoms with Crippen LogP contribution in [0.25, 0.3) is 0 Å². The van der Waals surface area contributed by atoms with E-state index in [-0.39, 0.29) is 6.04 Å².